The van der Waals surface area contributed by atoms with Gasteiger partial charge < -0.3 is 10.4 Å². The van der Waals surface area contributed by atoms with Crippen LogP contribution in [0.5, 0.6) is 0 Å². The Bertz CT molecular complexity index is 1160. The minimum Gasteiger partial charge on any atom is -0.480 e. The number of aryl methyl sites for hydroxylation is 2. The van der Waals surface area contributed by atoms with Gasteiger partial charge in [-0.25, -0.2) is 14.8 Å². The Kier molecular flexibility index (Phi) is 21.8. The second-order valence-corrected chi connectivity index (χ2v) is 9.82. The van der Waals surface area contributed by atoms with Crippen LogP contribution in [0.3, 0.4) is 0 Å². The molecule has 42 heavy (non-hydrogen) atoms. The molecule has 2 atom stereocenters. The van der Waals surface area contributed by atoms with Crippen LogP contribution in [0.15, 0.2) is 79.4 Å². The number of aromatic nitrogens is 2. The number of nitrogens with one attached hydrogen (secondary N) is 1. The van der Waals surface area contributed by atoms with Gasteiger partial charge in [0.2, 0.25) is 6.41 Å². The highest BCUT2D eigenvalue weighted by Crippen LogP contribution is 2.22. The number of aliphatic carboxylic acids is 1. The summed E-state index contributed by atoms with van der Waals surface area (Å²) in [6, 6.07) is 19.3. The molecule has 228 valence electrons. The standard InChI is InChI=1S/C20H24N2.C11H13NO3S.2C2H6/c1-5-19(20-21-16(3)15(2)17(4)22-20)14-10-9-13-18-11-7-6-8-12-18;13-8-12-10(11(14)15)7-16-6-9-4-2-1-3-5-9;2*1-2/h5-9,11-13,19H,1,10,14H2,2-4H3;1-5,8,10H,6-7H2,(H,12,13)(H,14,15);2*1-2H3/b13-9+;;;. The van der Waals surface area contributed by atoms with Crippen molar-refractivity contribution in [2.45, 2.75) is 79.0 Å². The number of rotatable bonds is 13. The third-order valence-electron chi connectivity index (χ3n) is 5.98. The highest BCUT2D eigenvalue weighted by Gasteiger charge is 2.15. The van der Waals surface area contributed by atoms with Crippen molar-refractivity contribution in [2.75, 3.05) is 5.75 Å². The quantitative estimate of drug-likeness (QED) is 0.153. The normalized spacial score (nSPS) is 11.3. The van der Waals surface area contributed by atoms with Crippen LogP contribution in [-0.4, -0.2) is 39.2 Å². The number of hydrogen-bond donors (Lipinski definition) is 2. The first kappa shape index (κ1) is 38.3. The molecule has 1 aromatic heterocycles. The number of thioether (sulfide) groups is 1. The number of benzene rings is 2. The van der Waals surface area contributed by atoms with E-state index in [1.54, 1.807) is 0 Å². The molecule has 0 bridgehead atoms. The Morgan fingerprint density at radius 1 is 0.952 bits per heavy atom. The summed E-state index contributed by atoms with van der Waals surface area (Å²) in [6.45, 7) is 18.1. The van der Waals surface area contributed by atoms with Gasteiger partial charge in [-0.15, -0.1) is 6.58 Å². The summed E-state index contributed by atoms with van der Waals surface area (Å²) in [5, 5.41) is 11.0. The molecule has 1 amide bonds. The van der Waals surface area contributed by atoms with Gasteiger partial charge in [0.05, 0.1) is 0 Å². The number of carboxylic acid groups (broad SMARTS) is 1. The number of allylic oxidation sites excluding steroid dienone is 2. The van der Waals surface area contributed by atoms with Crippen LogP contribution in [0.4, 0.5) is 0 Å². The number of hydrogen-bond acceptors (Lipinski definition) is 5. The Balaban J connectivity index is 0.000000744. The minimum absolute atomic E-state index is 0.207. The maximum absolute atomic E-state index is 10.7. The van der Waals surface area contributed by atoms with Crippen molar-refractivity contribution < 1.29 is 14.7 Å². The monoisotopic (exact) mass is 591 g/mol. The maximum atomic E-state index is 10.7. The van der Waals surface area contributed by atoms with Gasteiger partial charge >= 0.3 is 5.97 Å². The van der Waals surface area contributed by atoms with Crippen molar-refractivity contribution in [1.29, 1.82) is 0 Å². The van der Waals surface area contributed by atoms with Gasteiger partial charge in [-0.2, -0.15) is 11.8 Å². The topological polar surface area (TPSA) is 92.2 Å². The lowest BCUT2D eigenvalue weighted by Crippen LogP contribution is -2.37. The highest BCUT2D eigenvalue weighted by molar-refractivity contribution is 7.98. The van der Waals surface area contributed by atoms with Crippen LogP contribution in [0.2, 0.25) is 0 Å². The summed E-state index contributed by atoms with van der Waals surface area (Å²) >= 11 is 1.48. The summed E-state index contributed by atoms with van der Waals surface area (Å²) in [5.41, 5.74) is 5.68. The van der Waals surface area contributed by atoms with E-state index in [2.05, 4.69) is 65.2 Å². The summed E-state index contributed by atoms with van der Waals surface area (Å²) in [4.78, 5) is 30.1. The molecular formula is C35H49N3O3S. The van der Waals surface area contributed by atoms with E-state index in [-0.39, 0.29) is 5.92 Å². The largest absolute Gasteiger partial charge is 0.480 e. The summed E-state index contributed by atoms with van der Waals surface area (Å²) in [7, 11) is 0. The third-order valence-corrected chi connectivity index (χ3v) is 7.09. The van der Waals surface area contributed by atoms with Crippen LogP contribution in [-0.2, 0) is 15.3 Å². The van der Waals surface area contributed by atoms with Crippen LogP contribution in [0.1, 0.15) is 80.4 Å². The number of amides is 1. The molecule has 6 nitrogen and oxygen atoms in total. The van der Waals surface area contributed by atoms with Crippen LogP contribution in [0.25, 0.3) is 6.08 Å². The molecule has 0 saturated heterocycles. The van der Waals surface area contributed by atoms with Crippen molar-refractivity contribution >= 4 is 30.2 Å². The lowest BCUT2D eigenvalue weighted by Gasteiger charge is -2.13. The maximum Gasteiger partial charge on any atom is 0.327 e. The number of nitrogens with zero attached hydrogens (tertiary/aromatic N) is 2. The highest BCUT2D eigenvalue weighted by atomic mass is 32.2. The molecule has 0 aliphatic carbocycles. The molecule has 0 fully saturated rings. The molecule has 0 aliphatic heterocycles. The summed E-state index contributed by atoms with van der Waals surface area (Å²) in [5.74, 6) is 1.20. The predicted octanol–water partition coefficient (Wildman–Crippen LogP) is 8.34. The van der Waals surface area contributed by atoms with Gasteiger partial charge in [0.25, 0.3) is 0 Å². The zero-order valence-electron chi connectivity index (χ0n) is 26.3. The Labute approximate surface area is 257 Å². The van der Waals surface area contributed by atoms with E-state index in [0.29, 0.717) is 12.2 Å². The predicted molar refractivity (Wildman–Crippen MR) is 180 cm³/mol. The van der Waals surface area contributed by atoms with Crippen molar-refractivity contribution in [3.05, 3.63) is 113 Å². The molecule has 2 aromatic carbocycles. The van der Waals surface area contributed by atoms with Crippen molar-refractivity contribution in [1.82, 2.24) is 15.3 Å². The molecule has 0 aliphatic rings. The first-order chi connectivity index (χ1) is 20.3. The van der Waals surface area contributed by atoms with Gasteiger partial charge in [0.15, 0.2) is 0 Å². The number of carbonyl (C=O) groups is 2. The number of carboxylic acids is 1. The van der Waals surface area contributed by atoms with Crippen molar-refractivity contribution in [3.63, 3.8) is 0 Å². The van der Waals surface area contributed by atoms with E-state index in [1.165, 1.54) is 22.9 Å². The SMILES string of the molecule is C=CC(CC/C=C/c1ccccc1)c1nc(C)c(C)c(C)n1.CC.CC.O=CNC(CSCc1ccccc1)C(=O)O. The molecule has 3 rings (SSSR count). The smallest absolute Gasteiger partial charge is 0.327 e. The molecule has 3 aromatic rings. The van der Waals surface area contributed by atoms with E-state index >= 15 is 0 Å². The lowest BCUT2D eigenvalue weighted by atomic mass is 10.0. The second-order valence-electron chi connectivity index (χ2n) is 8.79. The fourth-order valence-electron chi connectivity index (χ4n) is 3.52. The molecule has 1 heterocycles. The zero-order chi connectivity index (χ0) is 31.8. The average molecular weight is 592 g/mol. The van der Waals surface area contributed by atoms with Crippen LogP contribution < -0.4 is 5.32 Å². The average Bonchev–Trinajstić information content (AvgIpc) is 3.02. The Morgan fingerprint density at radius 3 is 2.00 bits per heavy atom. The van der Waals surface area contributed by atoms with Crippen LogP contribution in [0, 0.1) is 20.8 Å². The fourth-order valence-corrected chi connectivity index (χ4v) is 4.54. The molecule has 0 saturated carbocycles. The van der Waals surface area contributed by atoms with Gasteiger partial charge in [-0.3, -0.25) is 4.79 Å². The van der Waals surface area contributed by atoms with Gasteiger partial charge in [0, 0.05) is 28.8 Å². The lowest BCUT2D eigenvalue weighted by molar-refractivity contribution is -0.139. The van der Waals surface area contributed by atoms with Crippen molar-refractivity contribution in [3.8, 4) is 0 Å². The van der Waals surface area contributed by atoms with Crippen LogP contribution >= 0.6 is 11.8 Å². The third kappa shape index (κ3) is 15.3. The molecule has 0 radical (unpaired) electrons. The zero-order valence-corrected chi connectivity index (χ0v) is 27.2. The molecule has 2 unspecified atom stereocenters. The molecule has 7 heteroatoms. The first-order valence-corrected chi connectivity index (χ1v) is 15.7. The van der Waals surface area contributed by atoms with Gasteiger partial charge in [0.1, 0.15) is 11.9 Å². The minimum atomic E-state index is -1.01. The van der Waals surface area contributed by atoms with Gasteiger partial charge in [-0.1, -0.05) is 107 Å². The molecular weight excluding hydrogens is 542 g/mol. The van der Waals surface area contributed by atoms with E-state index < -0.39 is 12.0 Å². The van der Waals surface area contributed by atoms with E-state index in [9.17, 15) is 9.59 Å². The molecule has 2 N–H and O–H groups in total. The Morgan fingerprint density at radius 2 is 1.50 bits per heavy atom. The summed E-state index contributed by atoms with van der Waals surface area (Å²) < 4.78 is 0. The van der Waals surface area contributed by atoms with Gasteiger partial charge in [-0.05, 0) is 50.3 Å². The Hall–Kier alpha value is -3.71. The second kappa shape index (κ2) is 23.9. The van der Waals surface area contributed by atoms with Crippen molar-refractivity contribution in [2.24, 2.45) is 0 Å². The number of carbonyl (C=O) groups excluding carboxylic acids is 1. The van der Waals surface area contributed by atoms with E-state index in [4.69, 9.17) is 5.11 Å². The van der Waals surface area contributed by atoms with E-state index in [0.717, 1.165) is 41.4 Å². The summed E-state index contributed by atoms with van der Waals surface area (Å²) in [6.07, 6.45) is 8.71. The fraction of sp³-hybridized carbons (Fsp3) is 0.371. The first-order valence-electron chi connectivity index (χ1n) is 14.6. The molecule has 0 spiro atoms. The van der Waals surface area contributed by atoms with E-state index in [1.807, 2.05) is 84.0 Å².